The average Bonchev–Trinajstić information content (AvgIpc) is 2.89. The lowest BCUT2D eigenvalue weighted by atomic mass is 10.00. The van der Waals surface area contributed by atoms with Crippen LogP contribution in [0.5, 0.6) is 0 Å². The Bertz CT molecular complexity index is 1250. The van der Waals surface area contributed by atoms with E-state index in [1.165, 1.54) is 24.3 Å². The molecule has 0 aliphatic rings. The number of carboxylic acid groups (broad SMARTS) is 4. The number of benzene rings is 4. The summed E-state index contributed by atoms with van der Waals surface area (Å²) >= 11 is 0. The lowest BCUT2D eigenvalue weighted by Crippen LogP contribution is -2.02. The van der Waals surface area contributed by atoms with Crippen molar-refractivity contribution in [2.45, 2.75) is 0 Å². The third kappa shape index (κ3) is 6.42. The highest BCUT2D eigenvalue weighted by molar-refractivity contribution is 5.97. The molecule has 0 unspecified atom stereocenters. The van der Waals surface area contributed by atoms with Crippen molar-refractivity contribution in [3.63, 3.8) is 0 Å². The van der Waals surface area contributed by atoms with E-state index in [0.29, 0.717) is 11.1 Å². The van der Waals surface area contributed by atoms with Crippen LogP contribution < -0.4 is 0 Å². The maximum Gasteiger partial charge on any atom is 0.335 e. The molecule has 8 heteroatoms. The molecule has 0 atom stereocenters. The monoisotopic (exact) mass is 484 g/mol. The van der Waals surface area contributed by atoms with Gasteiger partial charge >= 0.3 is 23.9 Å². The summed E-state index contributed by atoms with van der Waals surface area (Å²) in [6, 6.07) is 26.2. The normalized spacial score (nSPS) is 10.0. The average molecular weight is 484 g/mol. The van der Waals surface area contributed by atoms with E-state index in [1.54, 1.807) is 24.3 Å². The van der Waals surface area contributed by atoms with Gasteiger partial charge in [0, 0.05) is 0 Å². The number of hydrogen-bond donors (Lipinski definition) is 4. The summed E-state index contributed by atoms with van der Waals surface area (Å²) in [6.45, 7) is 0. The Hall–Kier alpha value is -5.24. The standard InChI is InChI=1S/2C14H10O4/c2*15-13(16)11-6-10(7-12(8-11)14(17)18)9-4-2-1-3-5-9/h2*1-8H,(H,15,16)(H,17,18). The molecule has 180 valence electrons. The molecule has 0 bridgehead atoms. The molecule has 0 radical (unpaired) electrons. The minimum absolute atomic E-state index is 0.0336. The zero-order valence-electron chi connectivity index (χ0n) is 18.7. The lowest BCUT2D eigenvalue weighted by Gasteiger charge is -2.05. The molecule has 4 aromatic carbocycles. The lowest BCUT2D eigenvalue weighted by molar-refractivity contribution is 0.0676. The van der Waals surface area contributed by atoms with Gasteiger partial charge in [-0.05, 0) is 58.7 Å². The van der Waals surface area contributed by atoms with E-state index >= 15 is 0 Å². The van der Waals surface area contributed by atoms with Gasteiger partial charge in [-0.15, -0.1) is 0 Å². The highest BCUT2D eigenvalue weighted by Gasteiger charge is 2.13. The molecule has 8 nitrogen and oxygen atoms in total. The molecule has 0 heterocycles. The van der Waals surface area contributed by atoms with E-state index in [1.807, 2.05) is 36.4 Å². The van der Waals surface area contributed by atoms with Crippen LogP contribution in [0.1, 0.15) is 41.4 Å². The Kier molecular flexibility index (Phi) is 7.94. The van der Waals surface area contributed by atoms with Crippen LogP contribution in [0.25, 0.3) is 22.3 Å². The molecule has 4 N–H and O–H groups in total. The minimum Gasteiger partial charge on any atom is -0.478 e. The zero-order valence-corrected chi connectivity index (χ0v) is 18.7. The van der Waals surface area contributed by atoms with Gasteiger partial charge in [-0.2, -0.15) is 0 Å². The Morgan fingerprint density at radius 1 is 0.361 bits per heavy atom. The molecule has 4 rings (SSSR count). The number of rotatable bonds is 6. The first kappa shape index (κ1) is 25.4. The molecule has 4 aromatic rings. The molecular weight excluding hydrogens is 464 g/mol. The van der Waals surface area contributed by atoms with Gasteiger partial charge in [-0.25, -0.2) is 19.2 Å². The van der Waals surface area contributed by atoms with E-state index in [4.69, 9.17) is 20.4 Å². The van der Waals surface area contributed by atoms with Gasteiger partial charge in [-0.1, -0.05) is 60.7 Å². The minimum atomic E-state index is -1.14. The van der Waals surface area contributed by atoms with Crippen molar-refractivity contribution in [1.29, 1.82) is 0 Å². The van der Waals surface area contributed by atoms with Crippen molar-refractivity contribution in [3.05, 3.63) is 119 Å². The fourth-order valence-corrected chi connectivity index (χ4v) is 3.34. The molecule has 0 amide bonds. The number of aromatic carboxylic acids is 4. The van der Waals surface area contributed by atoms with Crippen molar-refractivity contribution >= 4 is 23.9 Å². The largest absolute Gasteiger partial charge is 0.478 e. The van der Waals surface area contributed by atoms with Gasteiger partial charge in [-0.3, -0.25) is 0 Å². The SMILES string of the molecule is O=C(O)c1cc(C(=O)O)cc(-c2ccccc2)c1.O=C(O)c1cc(C(=O)O)cc(-c2ccccc2)c1. The molecule has 0 aliphatic heterocycles. The van der Waals surface area contributed by atoms with E-state index in [9.17, 15) is 19.2 Å². The molecule has 0 aliphatic carbocycles. The molecule has 0 aromatic heterocycles. The summed E-state index contributed by atoms with van der Waals surface area (Å²) < 4.78 is 0. The van der Waals surface area contributed by atoms with Crippen LogP contribution in [0.2, 0.25) is 0 Å². The maximum absolute atomic E-state index is 11.0. The quantitative estimate of drug-likeness (QED) is 0.280. The van der Waals surface area contributed by atoms with Crippen LogP contribution in [-0.2, 0) is 0 Å². The second kappa shape index (κ2) is 11.3. The van der Waals surface area contributed by atoms with Gasteiger partial charge in [0.1, 0.15) is 0 Å². The van der Waals surface area contributed by atoms with Crippen LogP contribution >= 0.6 is 0 Å². The Labute approximate surface area is 205 Å². The number of hydrogen-bond acceptors (Lipinski definition) is 4. The topological polar surface area (TPSA) is 149 Å². The van der Waals surface area contributed by atoms with Crippen molar-refractivity contribution in [2.75, 3.05) is 0 Å². The number of carboxylic acids is 4. The fraction of sp³-hybridized carbons (Fsp3) is 0. The molecule has 0 saturated heterocycles. The van der Waals surface area contributed by atoms with Gasteiger partial charge < -0.3 is 20.4 Å². The summed E-state index contributed by atoms with van der Waals surface area (Å²) in [5, 5.41) is 35.9. The first-order valence-corrected chi connectivity index (χ1v) is 10.5. The van der Waals surface area contributed by atoms with Gasteiger partial charge in [0.05, 0.1) is 22.3 Å². The molecule has 0 spiro atoms. The smallest absolute Gasteiger partial charge is 0.335 e. The molecule has 36 heavy (non-hydrogen) atoms. The van der Waals surface area contributed by atoms with Crippen LogP contribution in [0.4, 0.5) is 0 Å². The van der Waals surface area contributed by atoms with E-state index < -0.39 is 23.9 Å². The first-order valence-electron chi connectivity index (χ1n) is 10.5. The van der Waals surface area contributed by atoms with Crippen LogP contribution in [0.15, 0.2) is 97.1 Å². The van der Waals surface area contributed by atoms with Gasteiger partial charge in [0.15, 0.2) is 0 Å². The molecule has 0 saturated carbocycles. The predicted octanol–water partition coefficient (Wildman–Crippen LogP) is 5.50. The second-order valence-corrected chi connectivity index (χ2v) is 7.55. The van der Waals surface area contributed by atoms with Crippen molar-refractivity contribution in [2.24, 2.45) is 0 Å². The number of carbonyl (C=O) groups is 4. The van der Waals surface area contributed by atoms with E-state index in [0.717, 1.165) is 23.3 Å². The van der Waals surface area contributed by atoms with Crippen LogP contribution in [0.3, 0.4) is 0 Å². The molecule has 0 fully saturated rings. The third-order valence-electron chi connectivity index (χ3n) is 5.07. The zero-order chi connectivity index (χ0) is 26.2. The molecular formula is C28H20O8. The van der Waals surface area contributed by atoms with E-state index in [-0.39, 0.29) is 22.3 Å². The summed E-state index contributed by atoms with van der Waals surface area (Å²) in [6.07, 6.45) is 0. The summed E-state index contributed by atoms with van der Waals surface area (Å²) in [4.78, 5) is 43.9. The van der Waals surface area contributed by atoms with Gasteiger partial charge in [0.25, 0.3) is 0 Å². The van der Waals surface area contributed by atoms with Gasteiger partial charge in [0.2, 0.25) is 0 Å². The Balaban J connectivity index is 0.000000201. The van der Waals surface area contributed by atoms with Crippen molar-refractivity contribution < 1.29 is 39.6 Å². The van der Waals surface area contributed by atoms with Crippen LogP contribution in [-0.4, -0.2) is 44.3 Å². The second-order valence-electron chi connectivity index (χ2n) is 7.55. The van der Waals surface area contributed by atoms with E-state index in [2.05, 4.69) is 0 Å². The summed E-state index contributed by atoms with van der Waals surface area (Å²) in [5.41, 5.74) is 2.58. The third-order valence-corrected chi connectivity index (χ3v) is 5.07. The Morgan fingerprint density at radius 2 is 0.611 bits per heavy atom. The van der Waals surface area contributed by atoms with Crippen LogP contribution in [0, 0.1) is 0 Å². The fourth-order valence-electron chi connectivity index (χ4n) is 3.34. The highest BCUT2D eigenvalue weighted by Crippen LogP contribution is 2.23. The maximum atomic E-state index is 11.0. The van der Waals surface area contributed by atoms with Crippen molar-refractivity contribution in [1.82, 2.24) is 0 Å². The predicted molar refractivity (Wildman–Crippen MR) is 132 cm³/mol. The first-order chi connectivity index (χ1) is 17.2. The van der Waals surface area contributed by atoms with Crippen molar-refractivity contribution in [3.8, 4) is 22.3 Å². The summed E-state index contributed by atoms with van der Waals surface area (Å²) in [5.74, 6) is -4.57. The Morgan fingerprint density at radius 3 is 0.833 bits per heavy atom. The highest BCUT2D eigenvalue weighted by atomic mass is 16.4. The summed E-state index contributed by atoms with van der Waals surface area (Å²) in [7, 11) is 0.